The van der Waals surface area contributed by atoms with Gasteiger partial charge in [0.05, 0.1) is 6.04 Å². The van der Waals surface area contributed by atoms with E-state index in [0.717, 1.165) is 24.9 Å². The van der Waals surface area contributed by atoms with Gasteiger partial charge in [-0.2, -0.15) is 0 Å². The number of carbonyl (C=O) groups excluding carboxylic acids is 1. The first-order valence-corrected chi connectivity index (χ1v) is 5.91. The predicted molar refractivity (Wildman–Crippen MR) is 66.6 cm³/mol. The number of ether oxygens (including phenoxy) is 1. The third kappa shape index (κ3) is 2.87. The zero-order valence-electron chi connectivity index (χ0n) is 9.84. The number of benzene rings is 1. The smallest absolute Gasteiger partial charge is 0.410 e. The zero-order chi connectivity index (χ0) is 12.1. The van der Waals surface area contributed by atoms with Gasteiger partial charge < -0.3 is 9.64 Å². The first-order chi connectivity index (χ1) is 8.31. The van der Waals surface area contributed by atoms with Gasteiger partial charge >= 0.3 is 6.09 Å². The molecule has 1 aliphatic rings. The van der Waals surface area contributed by atoms with E-state index in [-0.39, 0.29) is 12.1 Å². The van der Waals surface area contributed by atoms with Gasteiger partial charge in [0.2, 0.25) is 0 Å². The molecule has 0 saturated carbocycles. The molecule has 1 heterocycles. The molecular formula is C14H17NO2. The van der Waals surface area contributed by atoms with Crippen LogP contribution in [-0.4, -0.2) is 23.6 Å². The van der Waals surface area contributed by atoms with Gasteiger partial charge in [0, 0.05) is 6.54 Å². The molecule has 1 saturated heterocycles. The summed E-state index contributed by atoms with van der Waals surface area (Å²) in [5.74, 6) is 0. The minimum Gasteiger partial charge on any atom is -0.445 e. The van der Waals surface area contributed by atoms with E-state index in [2.05, 4.69) is 6.58 Å². The van der Waals surface area contributed by atoms with Crippen molar-refractivity contribution in [2.24, 2.45) is 0 Å². The average Bonchev–Trinajstić information content (AvgIpc) is 2.85. The molecule has 1 amide bonds. The number of hydrogen-bond acceptors (Lipinski definition) is 2. The molecule has 1 aromatic rings. The van der Waals surface area contributed by atoms with Crippen LogP contribution in [0.1, 0.15) is 18.4 Å². The second kappa shape index (κ2) is 5.53. The largest absolute Gasteiger partial charge is 0.445 e. The van der Waals surface area contributed by atoms with Crippen LogP contribution in [0.4, 0.5) is 4.79 Å². The molecule has 1 aromatic carbocycles. The van der Waals surface area contributed by atoms with Crippen LogP contribution in [0.15, 0.2) is 43.0 Å². The molecule has 3 nitrogen and oxygen atoms in total. The molecule has 2 rings (SSSR count). The summed E-state index contributed by atoms with van der Waals surface area (Å²) in [5, 5.41) is 0. The van der Waals surface area contributed by atoms with Crippen LogP contribution in [0.3, 0.4) is 0 Å². The van der Waals surface area contributed by atoms with E-state index in [0.29, 0.717) is 6.61 Å². The minimum absolute atomic E-state index is 0.137. The van der Waals surface area contributed by atoms with Crippen LogP contribution in [0.25, 0.3) is 0 Å². The summed E-state index contributed by atoms with van der Waals surface area (Å²) in [7, 11) is 0. The lowest BCUT2D eigenvalue weighted by molar-refractivity contribution is 0.0975. The molecule has 17 heavy (non-hydrogen) atoms. The fourth-order valence-corrected chi connectivity index (χ4v) is 2.07. The van der Waals surface area contributed by atoms with Gasteiger partial charge in [0.1, 0.15) is 6.61 Å². The average molecular weight is 231 g/mol. The van der Waals surface area contributed by atoms with E-state index in [1.807, 2.05) is 36.4 Å². The van der Waals surface area contributed by atoms with Crippen LogP contribution in [0.2, 0.25) is 0 Å². The van der Waals surface area contributed by atoms with Crippen molar-refractivity contribution in [3.8, 4) is 0 Å². The zero-order valence-corrected chi connectivity index (χ0v) is 9.84. The van der Waals surface area contributed by atoms with Crippen molar-refractivity contribution in [3.63, 3.8) is 0 Å². The second-order valence-corrected chi connectivity index (χ2v) is 4.18. The van der Waals surface area contributed by atoms with E-state index in [1.54, 1.807) is 4.90 Å². The molecule has 0 radical (unpaired) electrons. The Morgan fingerprint density at radius 1 is 1.47 bits per heavy atom. The Labute approximate surface area is 102 Å². The lowest BCUT2D eigenvalue weighted by atomic mass is 10.2. The predicted octanol–water partition coefficient (Wildman–Crippen LogP) is 2.97. The maximum atomic E-state index is 11.8. The van der Waals surface area contributed by atoms with Gasteiger partial charge in [-0.15, -0.1) is 6.58 Å². The second-order valence-electron chi connectivity index (χ2n) is 4.18. The summed E-state index contributed by atoms with van der Waals surface area (Å²) in [6.45, 7) is 4.85. The van der Waals surface area contributed by atoms with Crippen LogP contribution in [0.5, 0.6) is 0 Å². The molecule has 0 N–H and O–H groups in total. The first kappa shape index (κ1) is 11.7. The topological polar surface area (TPSA) is 29.5 Å². The van der Waals surface area contributed by atoms with Crippen molar-refractivity contribution in [3.05, 3.63) is 48.6 Å². The molecule has 0 unspecified atom stereocenters. The molecular weight excluding hydrogens is 214 g/mol. The number of hydrogen-bond donors (Lipinski definition) is 0. The standard InChI is InChI=1S/C14H17NO2/c1-2-13-9-6-10-15(13)14(16)17-11-12-7-4-3-5-8-12/h2-5,7-8,13H,1,6,9-11H2/t13-/m1/s1. The van der Waals surface area contributed by atoms with Gasteiger partial charge in [0.15, 0.2) is 0 Å². The summed E-state index contributed by atoms with van der Waals surface area (Å²) in [6, 6.07) is 9.85. The quantitative estimate of drug-likeness (QED) is 0.748. The van der Waals surface area contributed by atoms with Crippen LogP contribution in [-0.2, 0) is 11.3 Å². The summed E-state index contributed by atoms with van der Waals surface area (Å²) < 4.78 is 5.28. The van der Waals surface area contributed by atoms with E-state index in [1.165, 1.54) is 0 Å². The fraction of sp³-hybridized carbons (Fsp3) is 0.357. The monoisotopic (exact) mass is 231 g/mol. The van der Waals surface area contributed by atoms with Crippen molar-refractivity contribution in [1.82, 2.24) is 4.90 Å². The summed E-state index contributed by atoms with van der Waals surface area (Å²) >= 11 is 0. The number of carbonyl (C=O) groups is 1. The molecule has 1 atom stereocenters. The van der Waals surface area contributed by atoms with Crippen molar-refractivity contribution in [2.75, 3.05) is 6.54 Å². The van der Waals surface area contributed by atoms with E-state index >= 15 is 0 Å². The fourth-order valence-electron chi connectivity index (χ4n) is 2.07. The molecule has 3 heteroatoms. The highest BCUT2D eigenvalue weighted by atomic mass is 16.6. The van der Waals surface area contributed by atoms with Crippen LogP contribution in [0, 0.1) is 0 Å². The van der Waals surface area contributed by atoms with Gasteiger partial charge in [-0.25, -0.2) is 4.79 Å². The highest BCUT2D eigenvalue weighted by Gasteiger charge is 2.27. The van der Waals surface area contributed by atoms with E-state index < -0.39 is 0 Å². The van der Waals surface area contributed by atoms with Gasteiger partial charge in [-0.3, -0.25) is 0 Å². The molecule has 0 spiro atoms. The van der Waals surface area contributed by atoms with E-state index in [9.17, 15) is 4.79 Å². The van der Waals surface area contributed by atoms with Gasteiger partial charge in [-0.1, -0.05) is 36.4 Å². The minimum atomic E-state index is -0.240. The lowest BCUT2D eigenvalue weighted by Gasteiger charge is -2.21. The Morgan fingerprint density at radius 2 is 2.24 bits per heavy atom. The molecule has 90 valence electrons. The van der Waals surface area contributed by atoms with Crippen molar-refractivity contribution >= 4 is 6.09 Å². The number of rotatable bonds is 3. The number of likely N-dealkylation sites (tertiary alicyclic amines) is 1. The SMILES string of the molecule is C=C[C@@H]1CCCN1C(=O)OCc1ccccc1. The van der Waals surface area contributed by atoms with Crippen LogP contribution >= 0.6 is 0 Å². The number of amides is 1. The Morgan fingerprint density at radius 3 is 2.94 bits per heavy atom. The van der Waals surface area contributed by atoms with E-state index in [4.69, 9.17) is 4.74 Å². The summed E-state index contributed by atoms with van der Waals surface area (Å²) in [6.07, 6.45) is 3.59. The molecule has 0 aromatic heterocycles. The summed E-state index contributed by atoms with van der Waals surface area (Å²) in [5.41, 5.74) is 1.01. The molecule has 0 bridgehead atoms. The maximum Gasteiger partial charge on any atom is 0.410 e. The normalized spacial score (nSPS) is 19.1. The maximum absolute atomic E-state index is 11.8. The Balaban J connectivity index is 1.87. The first-order valence-electron chi connectivity index (χ1n) is 5.91. The lowest BCUT2D eigenvalue weighted by Crippen LogP contribution is -2.34. The van der Waals surface area contributed by atoms with Gasteiger partial charge in [0.25, 0.3) is 0 Å². The molecule has 0 aliphatic carbocycles. The van der Waals surface area contributed by atoms with Crippen molar-refractivity contribution < 1.29 is 9.53 Å². The summed E-state index contributed by atoms with van der Waals surface area (Å²) in [4.78, 5) is 13.6. The third-order valence-electron chi connectivity index (χ3n) is 3.01. The highest BCUT2D eigenvalue weighted by molar-refractivity contribution is 5.68. The van der Waals surface area contributed by atoms with Crippen LogP contribution < -0.4 is 0 Å². The molecule has 1 fully saturated rings. The van der Waals surface area contributed by atoms with Crippen molar-refractivity contribution in [2.45, 2.75) is 25.5 Å². The molecule has 1 aliphatic heterocycles. The Kier molecular flexibility index (Phi) is 3.81. The third-order valence-corrected chi connectivity index (χ3v) is 3.01. The Bertz CT molecular complexity index is 388. The Hall–Kier alpha value is -1.77. The highest BCUT2D eigenvalue weighted by Crippen LogP contribution is 2.19. The van der Waals surface area contributed by atoms with Crippen molar-refractivity contribution in [1.29, 1.82) is 0 Å². The number of nitrogens with zero attached hydrogens (tertiary/aromatic N) is 1. The van der Waals surface area contributed by atoms with Gasteiger partial charge in [-0.05, 0) is 18.4 Å².